The highest BCUT2D eigenvalue weighted by Crippen LogP contribution is 2.62. The van der Waals surface area contributed by atoms with Gasteiger partial charge in [-0.3, -0.25) is 0 Å². The van der Waals surface area contributed by atoms with Crippen molar-refractivity contribution in [1.29, 1.82) is 0 Å². The summed E-state index contributed by atoms with van der Waals surface area (Å²) in [5.41, 5.74) is -6.54. The van der Waals surface area contributed by atoms with Crippen LogP contribution in [0, 0.1) is 40.5 Å². The molecule has 314 valence electrons. The molecule has 6 rings (SSSR count). The largest absolute Gasteiger partial charge is 0.489 e. The summed E-state index contributed by atoms with van der Waals surface area (Å²) in [4.78, 5) is 0. The summed E-state index contributed by atoms with van der Waals surface area (Å²) in [7, 11) is 0. The fraction of sp³-hybridized carbons (Fsp3) is 0.684. The Labute approximate surface area is 314 Å². The lowest BCUT2D eigenvalue weighted by molar-refractivity contribution is -0.457. The fourth-order valence-corrected chi connectivity index (χ4v) is 9.26. The van der Waals surface area contributed by atoms with Crippen LogP contribution in [0.5, 0.6) is 5.75 Å². The highest BCUT2D eigenvalue weighted by molar-refractivity contribution is 5.41. The van der Waals surface area contributed by atoms with E-state index in [1.807, 2.05) is 13.0 Å². The molecular formula is C38H41F13O5. The van der Waals surface area contributed by atoms with Crippen LogP contribution in [0.1, 0.15) is 92.9 Å². The van der Waals surface area contributed by atoms with Gasteiger partial charge >= 0.3 is 24.1 Å². The Morgan fingerprint density at radius 3 is 1.98 bits per heavy atom. The van der Waals surface area contributed by atoms with Gasteiger partial charge < -0.3 is 23.7 Å². The van der Waals surface area contributed by atoms with Crippen molar-refractivity contribution in [3.63, 3.8) is 0 Å². The van der Waals surface area contributed by atoms with Crippen molar-refractivity contribution >= 4 is 0 Å². The number of hydrogen-bond donors (Lipinski definition) is 0. The van der Waals surface area contributed by atoms with Crippen LogP contribution in [0.3, 0.4) is 0 Å². The zero-order valence-electron chi connectivity index (χ0n) is 30.2. The first kappa shape index (κ1) is 42.8. The summed E-state index contributed by atoms with van der Waals surface area (Å²) in [6, 6.07) is 5.18. The van der Waals surface area contributed by atoms with Crippen molar-refractivity contribution in [3.05, 3.63) is 63.7 Å². The van der Waals surface area contributed by atoms with E-state index >= 15 is 0 Å². The van der Waals surface area contributed by atoms with Crippen LogP contribution in [-0.2, 0) is 38.6 Å². The van der Waals surface area contributed by atoms with Crippen LogP contribution in [0.25, 0.3) is 0 Å². The lowest BCUT2D eigenvalue weighted by atomic mass is 9.55. The molecule has 0 radical (unpaired) electrons. The number of alkyl halides is 9. The molecule has 0 N–H and O–H groups in total. The van der Waals surface area contributed by atoms with Gasteiger partial charge in [0.2, 0.25) is 0 Å². The van der Waals surface area contributed by atoms with Gasteiger partial charge in [-0.1, -0.05) is 13.0 Å². The van der Waals surface area contributed by atoms with Crippen molar-refractivity contribution in [1.82, 2.24) is 0 Å². The van der Waals surface area contributed by atoms with E-state index in [1.54, 1.807) is 12.1 Å². The lowest BCUT2D eigenvalue weighted by Crippen LogP contribution is -2.67. The van der Waals surface area contributed by atoms with Crippen LogP contribution >= 0.6 is 0 Å². The summed E-state index contributed by atoms with van der Waals surface area (Å²) in [5, 5.41) is 0. The maximum absolute atomic E-state index is 15.0. The highest BCUT2D eigenvalue weighted by Gasteiger charge is 2.85. The number of ether oxygens (including phenoxy) is 5. The van der Waals surface area contributed by atoms with Gasteiger partial charge in [-0.25, -0.2) is 17.6 Å². The molecule has 1 heterocycles. The number of fused-ring (bicyclic) bond motifs is 5. The molecule has 56 heavy (non-hydrogen) atoms. The van der Waals surface area contributed by atoms with Gasteiger partial charge in [-0.15, -0.1) is 0 Å². The first-order chi connectivity index (χ1) is 26.2. The van der Waals surface area contributed by atoms with Crippen molar-refractivity contribution in [3.8, 4) is 5.75 Å². The molecule has 2 aromatic rings. The van der Waals surface area contributed by atoms with Crippen molar-refractivity contribution < 1.29 is 80.8 Å². The topological polar surface area (TPSA) is 46.2 Å². The minimum atomic E-state index is -6.80. The molecule has 0 bridgehead atoms. The Morgan fingerprint density at radius 1 is 0.732 bits per heavy atom. The molecule has 6 atom stereocenters. The number of halogens is 13. The molecule has 5 nitrogen and oxygen atoms in total. The van der Waals surface area contributed by atoms with Crippen LogP contribution in [0.15, 0.2) is 18.2 Å². The van der Waals surface area contributed by atoms with Gasteiger partial charge in [0.05, 0.1) is 30.4 Å². The van der Waals surface area contributed by atoms with E-state index in [0.29, 0.717) is 38.7 Å². The SMILES string of the molecule is C[C@]12CC[C@@H]3c4ccc(OCc5c(F)c(F)c(COC6CCCCO6)c(F)c5F)cc4CC[C@H]3[C@@H]1CC[C@@H]2OCCCOC(C(F)(F)F)(C(F)(F)F)C(F)(F)F. The third-order valence-corrected chi connectivity index (χ3v) is 12.1. The molecule has 0 spiro atoms. The van der Waals surface area contributed by atoms with Gasteiger partial charge in [0.15, 0.2) is 29.6 Å². The van der Waals surface area contributed by atoms with E-state index in [4.69, 9.17) is 18.9 Å². The summed E-state index contributed by atoms with van der Waals surface area (Å²) >= 11 is 0. The molecule has 18 heteroatoms. The number of hydrogen-bond acceptors (Lipinski definition) is 5. The summed E-state index contributed by atoms with van der Waals surface area (Å²) < 4.78 is 204. The first-order valence-corrected chi connectivity index (χ1v) is 18.5. The number of rotatable bonds is 12. The molecule has 1 aliphatic heterocycles. The number of benzene rings is 2. The molecule has 3 aliphatic carbocycles. The standard InChI is InChI=1S/C38H41F13O5/c1-34-13-12-23-22-9-7-21(54-18-25-30(39)32(41)26(33(42)31(25)40)19-55-29-5-2-3-14-53-29)17-20(22)6-8-24(23)27(34)10-11-28(34)52-15-4-16-56-35(36(43,44)45,37(46,47)48)38(49,50)51/h7,9,17,23-24,27-29H,2-6,8,10-16,18-19H2,1H3/t23-,24-,27+,28+,29?,34+/m1/s1. The minimum Gasteiger partial charge on any atom is -0.489 e. The molecule has 2 aromatic carbocycles. The Kier molecular flexibility index (Phi) is 12.3. The summed E-state index contributed by atoms with van der Waals surface area (Å²) in [6.45, 7) is -0.991. The Bertz CT molecular complexity index is 1640. The predicted molar refractivity (Wildman–Crippen MR) is 171 cm³/mol. The second kappa shape index (κ2) is 16.1. The maximum Gasteiger partial charge on any atom is 0.435 e. The maximum atomic E-state index is 15.0. The lowest BCUT2D eigenvalue weighted by Gasteiger charge is -2.50. The second-order valence-electron chi connectivity index (χ2n) is 15.2. The zero-order valence-corrected chi connectivity index (χ0v) is 30.2. The third-order valence-electron chi connectivity index (χ3n) is 12.1. The first-order valence-electron chi connectivity index (χ1n) is 18.5. The second-order valence-corrected chi connectivity index (χ2v) is 15.2. The Hall–Kier alpha value is -2.83. The average molecular weight is 825 g/mol. The van der Waals surface area contributed by atoms with Crippen molar-refractivity contribution in [2.45, 2.75) is 127 Å². The van der Waals surface area contributed by atoms with Crippen molar-refractivity contribution in [2.24, 2.45) is 17.3 Å². The Balaban J connectivity index is 1.04. The molecule has 1 saturated heterocycles. The molecule has 2 saturated carbocycles. The van der Waals surface area contributed by atoms with Gasteiger partial charge in [0.25, 0.3) is 0 Å². The van der Waals surface area contributed by atoms with Gasteiger partial charge in [0, 0.05) is 13.2 Å². The average Bonchev–Trinajstić information content (AvgIpc) is 3.46. The summed E-state index contributed by atoms with van der Waals surface area (Å²) in [5.74, 6) is -5.64. The monoisotopic (exact) mass is 824 g/mol. The zero-order chi connectivity index (χ0) is 40.8. The van der Waals surface area contributed by atoms with E-state index in [1.165, 1.54) is 0 Å². The van der Waals surface area contributed by atoms with Crippen LogP contribution in [-0.4, -0.2) is 56.3 Å². The van der Waals surface area contributed by atoms with E-state index in [0.717, 1.165) is 36.8 Å². The number of aryl methyl sites for hydroxylation is 1. The van der Waals surface area contributed by atoms with Gasteiger partial charge in [-0.2, -0.15) is 39.5 Å². The minimum absolute atomic E-state index is 0.116. The van der Waals surface area contributed by atoms with E-state index in [9.17, 15) is 57.1 Å². The molecular weight excluding hydrogens is 783 g/mol. The predicted octanol–water partition coefficient (Wildman–Crippen LogP) is 10.9. The van der Waals surface area contributed by atoms with Crippen molar-refractivity contribution in [2.75, 3.05) is 19.8 Å². The Morgan fingerprint density at radius 2 is 1.38 bits per heavy atom. The highest BCUT2D eigenvalue weighted by atomic mass is 19.4. The summed E-state index contributed by atoms with van der Waals surface area (Å²) in [6.07, 6.45) is -16.1. The van der Waals surface area contributed by atoms with Crippen LogP contribution in [0.4, 0.5) is 57.1 Å². The molecule has 1 unspecified atom stereocenters. The van der Waals surface area contributed by atoms with E-state index in [-0.39, 0.29) is 23.5 Å². The van der Waals surface area contributed by atoms with Gasteiger partial charge in [-0.05, 0) is 111 Å². The molecule has 3 fully saturated rings. The quantitative estimate of drug-likeness (QED) is 0.121. The van der Waals surface area contributed by atoms with Gasteiger partial charge in [0.1, 0.15) is 12.4 Å². The van der Waals surface area contributed by atoms with Crippen LogP contribution in [0.2, 0.25) is 0 Å². The molecule has 0 amide bonds. The van der Waals surface area contributed by atoms with E-state index in [2.05, 4.69) is 4.74 Å². The molecule has 0 aromatic heterocycles. The molecule has 4 aliphatic rings. The van der Waals surface area contributed by atoms with Crippen LogP contribution < -0.4 is 4.74 Å². The smallest absolute Gasteiger partial charge is 0.435 e. The fourth-order valence-electron chi connectivity index (χ4n) is 9.26. The normalized spacial score (nSPS) is 27.1. The van der Waals surface area contributed by atoms with E-state index < -0.39 is 109 Å². The third kappa shape index (κ3) is 7.84.